The number of amides is 1. The Morgan fingerprint density at radius 3 is 2.69 bits per heavy atom. The Bertz CT molecular complexity index is 298. The van der Waals surface area contributed by atoms with Crippen molar-refractivity contribution in [3.05, 3.63) is 12.7 Å². The molecular weight excluding hydrogens is 200 g/mol. The van der Waals surface area contributed by atoms with Gasteiger partial charge in [0.1, 0.15) is 5.41 Å². The molecule has 0 unspecified atom stereocenters. The predicted octanol–water partition coefficient (Wildman–Crippen LogP) is 2.49. The van der Waals surface area contributed by atoms with E-state index in [1.54, 1.807) is 11.9 Å². The first-order valence-corrected chi connectivity index (χ1v) is 5.94. The number of nitrogens with zero attached hydrogens (tertiary/aromatic N) is 2. The summed E-state index contributed by atoms with van der Waals surface area (Å²) in [6, 6.07) is 2.24. The van der Waals surface area contributed by atoms with Gasteiger partial charge in [0.2, 0.25) is 5.91 Å². The number of unbranched alkanes of at least 4 members (excludes halogenated alkanes) is 1. The smallest absolute Gasteiger partial charge is 0.242 e. The Morgan fingerprint density at radius 2 is 2.19 bits per heavy atom. The van der Waals surface area contributed by atoms with Crippen LogP contribution in [0, 0.1) is 16.7 Å². The Morgan fingerprint density at radius 1 is 1.56 bits per heavy atom. The topological polar surface area (TPSA) is 44.1 Å². The molecule has 0 aromatic rings. The maximum absolute atomic E-state index is 12.2. The van der Waals surface area contributed by atoms with Crippen molar-refractivity contribution in [2.45, 2.75) is 38.5 Å². The van der Waals surface area contributed by atoms with Gasteiger partial charge in [-0.25, -0.2) is 0 Å². The van der Waals surface area contributed by atoms with Crippen molar-refractivity contribution in [3.8, 4) is 6.07 Å². The van der Waals surface area contributed by atoms with Crippen molar-refractivity contribution >= 4 is 5.91 Å². The maximum Gasteiger partial charge on any atom is 0.242 e. The summed E-state index contributed by atoms with van der Waals surface area (Å²) in [6.45, 7) is 4.37. The molecule has 0 spiro atoms. The van der Waals surface area contributed by atoms with Gasteiger partial charge < -0.3 is 4.90 Å². The number of nitriles is 1. The molecule has 1 aliphatic carbocycles. The Kier molecular flexibility index (Phi) is 4.54. The van der Waals surface area contributed by atoms with Gasteiger partial charge in [0, 0.05) is 13.6 Å². The Balaban J connectivity index is 2.55. The van der Waals surface area contributed by atoms with E-state index in [0.717, 1.165) is 38.5 Å². The summed E-state index contributed by atoms with van der Waals surface area (Å²) in [4.78, 5) is 13.9. The molecule has 0 aromatic heterocycles. The molecular formula is C13H20N2O. The number of hydrogen-bond donors (Lipinski definition) is 0. The van der Waals surface area contributed by atoms with Crippen LogP contribution in [0.3, 0.4) is 0 Å². The van der Waals surface area contributed by atoms with Gasteiger partial charge in [-0.2, -0.15) is 5.26 Å². The standard InChI is InChI=1S/C13H20N2O/c1-3-4-7-10-15(2)12(16)13(11-14)8-5-6-9-13/h3H,1,4-10H2,2H3. The minimum atomic E-state index is -0.719. The summed E-state index contributed by atoms with van der Waals surface area (Å²) in [7, 11) is 1.79. The monoisotopic (exact) mass is 220 g/mol. The van der Waals surface area contributed by atoms with E-state index in [1.165, 1.54) is 0 Å². The first-order valence-electron chi connectivity index (χ1n) is 5.94. The molecule has 3 heteroatoms. The van der Waals surface area contributed by atoms with E-state index < -0.39 is 5.41 Å². The van der Waals surface area contributed by atoms with Gasteiger partial charge in [0.15, 0.2) is 0 Å². The van der Waals surface area contributed by atoms with Gasteiger partial charge in [-0.3, -0.25) is 4.79 Å². The molecule has 3 nitrogen and oxygen atoms in total. The molecule has 1 amide bonds. The zero-order valence-electron chi connectivity index (χ0n) is 10.0. The van der Waals surface area contributed by atoms with Gasteiger partial charge >= 0.3 is 0 Å². The summed E-state index contributed by atoms with van der Waals surface area (Å²) in [5.74, 6) is 0.0107. The quantitative estimate of drug-likeness (QED) is 0.528. The molecule has 0 aliphatic heterocycles. The van der Waals surface area contributed by atoms with E-state index >= 15 is 0 Å². The summed E-state index contributed by atoms with van der Waals surface area (Å²) in [5, 5.41) is 9.19. The SMILES string of the molecule is C=CCCCN(C)C(=O)C1(C#N)CCCC1. The highest BCUT2D eigenvalue weighted by atomic mass is 16.2. The molecule has 0 N–H and O–H groups in total. The van der Waals surface area contributed by atoms with Crippen molar-refractivity contribution in [2.75, 3.05) is 13.6 Å². The van der Waals surface area contributed by atoms with Crippen LogP contribution in [-0.4, -0.2) is 24.4 Å². The second-order valence-corrected chi connectivity index (χ2v) is 4.56. The van der Waals surface area contributed by atoms with E-state index in [0.29, 0.717) is 6.54 Å². The average Bonchev–Trinajstić information content (AvgIpc) is 2.78. The Hall–Kier alpha value is -1.30. The summed E-state index contributed by atoms with van der Waals surface area (Å²) in [6.07, 6.45) is 7.15. The van der Waals surface area contributed by atoms with Gasteiger partial charge in [-0.15, -0.1) is 6.58 Å². The molecule has 1 saturated carbocycles. The third-order valence-corrected chi connectivity index (χ3v) is 3.33. The van der Waals surface area contributed by atoms with Crippen LogP contribution < -0.4 is 0 Å². The lowest BCUT2D eigenvalue weighted by molar-refractivity contribution is -0.137. The van der Waals surface area contributed by atoms with E-state index in [9.17, 15) is 10.1 Å². The van der Waals surface area contributed by atoms with E-state index in [4.69, 9.17) is 0 Å². The van der Waals surface area contributed by atoms with Crippen LogP contribution in [0.5, 0.6) is 0 Å². The molecule has 0 radical (unpaired) electrons. The van der Waals surface area contributed by atoms with Crippen LogP contribution in [0.4, 0.5) is 0 Å². The lowest BCUT2D eigenvalue weighted by Gasteiger charge is -2.26. The van der Waals surface area contributed by atoms with Crippen molar-refractivity contribution in [1.29, 1.82) is 5.26 Å². The normalized spacial score (nSPS) is 17.8. The number of carbonyl (C=O) groups excluding carboxylic acids is 1. The van der Waals surface area contributed by atoms with Gasteiger partial charge in [0.25, 0.3) is 0 Å². The first-order chi connectivity index (χ1) is 7.66. The van der Waals surface area contributed by atoms with Crippen molar-refractivity contribution < 1.29 is 4.79 Å². The molecule has 1 fully saturated rings. The summed E-state index contributed by atoms with van der Waals surface area (Å²) >= 11 is 0. The Labute approximate surface area is 97.7 Å². The number of allylic oxidation sites excluding steroid dienone is 1. The minimum absolute atomic E-state index is 0.0107. The second-order valence-electron chi connectivity index (χ2n) is 4.56. The van der Waals surface area contributed by atoms with Crippen LogP contribution in [0.15, 0.2) is 12.7 Å². The van der Waals surface area contributed by atoms with E-state index in [-0.39, 0.29) is 5.91 Å². The van der Waals surface area contributed by atoms with Gasteiger partial charge in [0.05, 0.1) is 6.07 Å². The third-order valence-electron chi connectivity index (χ3n) is 3.33. The molecule has 0 heterocycles. The van der Waals surface area contributed by atoms with Gasteiger partial charge in [-0.1, -0.05) is 18.9 Å². The highest BCUT2D eigenvalue weighted by molar-refractivity contribution is 5.85. The van der Waals surface area contributed by atoms with E-state index in [1.807, 2.05) is 6.08 Å². The molecule has 0 bridgehead atoms. The fourth-order valence-electron chi connectivity index (χ4n) is 2.29. The van der Waals surface area contributed by atoms with Crippen LogP contribution in [0.25, 0.3) is 0 Å². The highest BCUT2D eigenvalue weighted by Gasteiger charge is 2.42. The van der Waals surface area contributed by atoms with Crippen LogP contribution >= 0.6 is 0 Å². The third kappa shape index (κ3) is 2.63. The van der Waals surface area contributed by atoms with Crippen LogP contribution in [0.2, 0.25) is 0 Å². The lowest BCUT2D eigenvalue weighted by Crippen LogP contribution is -2.40. The van der Waals surface area contributed by atoms with Crippen LogP contribution in [-0.2, 0) is 4.79 Å². The number of carbonyl (C=O) groups is 1. The fourth-order valence-corrected chi connectivity index (χ4v) is 2.29. The van der Waals surface area contributed by atoms with Gasteiger partial charge in [-0.05, 0) is 25.7 Å². The summed E-state index contributed by atoms with van der Waals surface area (Å²) in [5.41, 5.74) is -0.719. The molecule has 88 valence electrons. The molecule has 16 heavy (non-hydrogen) atoms. The molecule has 0 saturated heterocycles. The zero-order chi connectivity index (χ0) is 12.0. The number of rotatable bonds is 5. The molecule has 1 aliphatic rings. The van der Waals surface area contributed by atoms with Crippen molar-refractivity contribution in [3.63, 3.8) is 0 Å². The van der Waals surface area contributed by atoms with Crippen molar-refractivity contribution in [2.24, 2.45) is 5.41 Å². The van der Waals surface area contributed by atoms with Crippen molar-refractivity contribution in [1.82, 2.24) is 4.90 Å². The lowest BCUT2D eigenvalue weighted by atomic mass is 9.86. The first kappa shape index (κ1) is 12.8. The molecule has 1 rings (SSSR count). The highest BCUT2D eigenvalue weighted by Crippen LogP contribution is 2.38. The molecule has 0 atom stereocenters. The zero-order valence-corrected chi connectivity index (χ0v) is 10.0. The fraction of sp³-hybridized carbons (Fsp3) is 0.692. The maximum atomic E-state index is 12.2. The van der Waals surface area contributed by atoms with E-state index in [2.05, 4.69) is 12.6 Å². The largest absolute Gasteiger partial charge is 0.344 e. The minimum Gasteiger partial charge on any atom is -0.344 e. The summed E-state index contributed by atoms with van der Waals surface area (Å²) < 4.78 is 0. The molecule has 0 aromatic carbocycles. The second kappa shape index (κ2) is 5.69. The average molecular weight is 220 g/mol. The van der Waals surface area contributed by atoms with Crippen LogP contribution in [0.1, 0.15) is 38.5 Å². The number of hydrogen-bond acceptors (Lipinski definition) is 2. The predicted molar refractivity (Wildman–Crippen MR) is 63.6 cm³/mol.